The molecule has 3 atom stereocenters. The van der Waals surface area contributed by atoms with Gasteiger partial charge in [0, 0.05) is 11.5 Å². The Labute approximate surface area is 181 Å². The molecule has 160 valence electrons. The van der Waals surface area contributed by atoms with Crippen LogP contribution in [0.4, 0.5) is 4.39 Å². The van der Waals surface area contributed by atoms with Gasteiger partial charge in [-0.1, -0.05) is 43.3 Å². The Morgan fingerprint density at radius 2 is 1.81 bits per heavy atom. The molecule has 1 aliphatic heterocycles. The lowest BCUT2D eigenvalue weighted by Gasteiger charge is -2.40. The third-order valence-electron chi connectivity index (χ3n) is 7.27. The van der Waals surface area contributed by atoms with E-state index in [-0.39, 0.29) is 24.4 Å². The van der Waals surface area contributed by atoms with Crippen LogP contribution in [0.3, 0.4) is 0 Å². The van der Waals surface area contributed by atoms with Gasteiger partial charge < -0.3 is 10.2 Å². The highest BCUT2D eigenvalue weighted by atomic mass is 19.1. The molecule has 1 heterocycles. The van der Waals surface area contributed by atoms with Crippen LogP contribution < -0.4 is 0 Å². The molecular formula is C26H27FN2O2. The second kappa shape index (κ2) is 7.81. The molecule has 2 unspecified atom stereocenters. The zero-order chi connectivity index (χ0) is 21.6. The molecule has 0 fully saturated rings. The fourth-order valence-corrected chi connectivity index (χ4v) is 5.54. The van der Waals surface area contributed by atoms with Crippen molar-refractivity contribution >= 4 is 0 Å². The van der Waals surface area contributed by atoms with E-state index in [1.807, 2.05) is 31.2 Å². The van der Waals surface area contributed by atoms with Gasteiger partial charge in [0.2, 0.25) is 0 Å². The number of azo groups is 1. The predicted octanol–water partition coefficient (Wildman–Crippen LogP) is 5.57. The Bertz CT molecular complexity index is 1100. The Morgan fingerprint density at radius 3 is 2.55 bits per heavy atom. The molecule has 0 bridgehead atoms. The summed E-state index contributed by atoms with van der Waals surface area (Å²) in [4.78, 5) is 0. The van der Waals surface area contributed by atoms with E-state index >= 15 is 0 Å². The molecular weight excluding hydrogens is 391 g/mol. The number of hydrogen-bond acceptors (Lipinski definition) is 4. The summed E-state index contributed by atoms with van der Waals surface area (Å²) in [5, 5.41) is 30.7. The highest BCUT2D eigenvalue weighted by Crippen LogP contribution is 2.56. The predicted molar refractivity (Wildman–Crippen MR) is 117 cm³/mol. The van der Waals surface area contributed by atoms with Gasteiger partial charge in [-0.05, 0) is 72.1 Å². The molecule has 0 amide bonds. The van der Waals surface area contributed by atoms with E-state index in [0.29, 0.717) is 12.8 Å². The minimum absolute atomic E-state index is 0.000958. The van der Waals surface area contributed by atoms with E-state index in [4.69, 9.17) is 0 Å². The molecule has 5 rings (SSSR count). The maximum absolute atomic E-state index is 13.4. The van der Waals surface area contributed by atoms with Crippen LogP contribution in [-0.4, -0.2) is 15.8 Å². The van der Waals surface area contributed by atoms with Gasteiger partial charge in [0.05, 0.1) is 17.9 Å². The number of hydrogen-bond donors (Lipinski definition) is 2. The Hall–Kier alpha value is -2.63. The summed E-state index contributed by atoms with van der Waals surface area (Å²) in [6.07, 6.45) is 4.08. The Kier molecular flexibility index (Phi) is 5.11. The fourth-order valence-electron chi connectivity index (χ4n) is 5.54. The molecule has 0 radical (unpaired) electrons. The lowest BCUT2D eigenvalue weighted by molar-refractivity contribution is 0.0243. The van der Waals surface area contributed by atoms with Gasteiger partial charge in [0.1, 0.15) is 11.9 Å². The Balaban J connectivity index is 1.49. The van der Waals surface area contributed by atoms with Crippen LogP contribution in [0.1, 0.15) is 55.3 Å². The quantitative estimate of drug-likeness (QED) is 0.666. The lowest BCUT2D eigenvalue weighted by Crippen LogP contribution is -2.42. The van der Waals surface area contributed by atoms with Crippen molar-refractivity contribution in [3.05, 3.63) is 93.5 Å². The largest absolute Gasteiger partial charge is 0.392 e. The molecule has 2 aliphatic carbocycles. The molecule has 2 aromatic carbocycles. The summed E-state index contributed by atoms with van der Waals surface area (Å²) >= 11 is 0. The maximum atomic E-state index is 13.4. The van der Waals surface area contributed by atoms with E-state index in [0.717, 1.165) is 52.8 Å². The number of halogens is 1. The first-order chi connectivity index (χ1) is 15.0. The number of aliphatic hydroxyl groups excluding tert-OH is 1. The number of nitrogens with zero attached hydrogens (tertiary/aromatic N) is 2. The standard InChI is InChI=1S/C26H27FN2O2/c1-16-24-23(25(29-28-24)18-9-11-20(27)12-10-18)21-7-4-8-22(21)26(16,31)14-13-17-5-2-3-6-19(17)15-30/h2-3,5-6,9-12,16,25,30-31H,4,7-8,13-15H2,1H3/t16-,25?,26?/m0/s1. The van der Waals surface area contributed by atoms with E-state index in [2.05, 4.69) is 10.2 Å². The van der Waals surface area contributed by atoms with E-state index < -0.39 is 5.60 Å². The molecule has 0 aromatic heterocycles. The summed E-state index contributed by atoms with van der Waals surface area (Å²) in [6.45, 7) is 2.04. The SMILES string of the molecule is C[C@H]1C2=C(C3=C(CCC3)C1(O)CCc1ccccc1CO)C(c1ccc(F)cc1)N=N2. The van der Waals surface area contributed by atoms with Gasteiger partial charge in [0.25, 0.3) is 0 Å². The van der Waals surface area contributed by atoms with Crippen LogP contribution in [0, 0.1) is 11.7 Å². The van der Waals surface area contributed by atoms with Crippen LogP contribution in [-0.2, 0) is 13.0 Å². The van der Waals surface area contributed by atoms with Gasteiger partial charge in [0.15, 0.2) is 0 Å². The monoisotopic (exact) mass is 418 g/mol. The van der Waals surface area contributed by atoms with Crippen molar-refractivity contribution in [2.75, 3.05) is 0 Å². The highest BCUT2D eigenvalue weighted by molar-refractivity contribution is 5.56. The molecule has 2 aromatic rings. The smallest absolute Gasteiger partial charge is 0.123 e. The van der Waals surface area contributed by atoms with Gasteiger partial charge in [-0.3, -0.25) is 0 Å². The molecule has 0 saturated heterocycles. The van der Waals surface area contributed by atoms with Crippen LogP contribution in [0.15, 0.2) is 81.2 Å². The first-order valence-corrected chi connectivity index (χ1v) is 11.1. The topological polar surface area (TPSA) is 65.2 Å². The van der Waals surface area contributed by atoms with Crippen LogP contribution >= 0.6 is 0 Å². The second-order valence-corrected chi connectivity index (χ2v) is 8.85. The number of rotatable bonds is 5. The normalized spacial score (nSPS) is 27.1. The van der Waals surface area contributed by atoms with Crippen molar-refractivity contribution < 1.29 is 14.6 Å². The van der Waals surface area contributed by atoms with Crippen LogP contribution in [0.2, 0.25) is 0 Å². The lowest BCUT2D eigenvalue weighted by atomic mass is 9.68. The minimum Gasteiger partial charge on any atom is -0.392 e. The maximum Gasteiger partial charge on any atom is 0.123 e. The van der Waals surface area contributed by atoms with Crippen LogP contribution in [0.5, 0.6) is 0 Å². The van der Waals surface area contributed by atoms with Crippen molar-refractivity contribution in [2.45, 2.75) is 57.3 Å². The number of aryl methyl sites for hydroxylation is 1. The molecule has 0 saturated carbocycles. The summed E-state index contributed by atoms with van der Waals surface area (Å²) in [7, 11) is 0. The molecule has 31 heavy (non-hydrogen) atoms. The number of benzene rings is 2. The van der Waals surface area contributed by atoms with Gasteiger partial charge >= 0.3 is 0 Å². The van der Waals surface area contributed by atoms with E-state index in [1.54, 1.807) is 12.1 Å². The first-order valence-electron chi connectivity index (χ1n) is 11.1. The van der Waals surface area contributed by atoms with Crippen molar-refractivity contribution in [1.82, 2.24) is 0 Å². The Morgan fingerprint density at radius 1 is 1.06 bits per heavy atom. The van der Waals surface area contributed by atoms with Gasteiger partial charge in [-0.2, -0.15) is 10.2 Å². The molecule has 3 aliphatic rings. The first kappa shape index (κ1) is 20.3. The molecule has 0 spiro atoms. The molecule has 5 heteroatoms. The highest BCUT2D eigenvalue weighted by Gasteiger charge is 2.49. The zero-order valence-electron chi connectivity index (χ0n) is 17.7. The summed E-state index contributed by atoms with van der Waals surface area (Å²) < 4.78 is 13.4. The van der Waals surface area contributed by atoms with Crippen molar-refractivity contribution in [1.29, 1.82) is 0 Å². The second-order valence-electron chi connectivity index (χ2n) is 8.85. The number of aliphatic hydroxyl groups is 2. The van der Waals surface area contributed by atoms with Gasteiger partial charge in [-0.15, -0.1) is 0 Å². The van der Waals surface area contributed by atoms with Crippen molar-refractivity contribution in [2.24, 2.45) is 16.1 Å². The van der Waals surface area contributed by atoms with Gasteiger partial charge in [-0.25, -0.2) is 4.39 Å². The third kappa shape index (κ3) is 3.27. The van der Waals surface area contributed by atoms with E-state index in [1.165, 1.54) is 17.7 Å². The zero-order valence-corrected chi connectivity index (χ0v) is 17.7. The summed E-state index contributed by atoms with van der Waals surface area (Å²) in [6, 6.07) is 14.1. The van der Waals surface area contributed by atoms with Crippen molar-refractivity contribution in [3.8, 4) is 0 Å². The van der Waals surface area contributed by atoms with Crippen LogP contribution in [0.25, 0.3) is 0 Å². The summed E-state index contributed by atoms with van der Waals surface area (Å²) in [5.41, 5.74) is 6.26. The number of fused-ring (bicyclic) bond motifs is 1. The van der Waals surface area contributed by atoms with Crippen molar-refractivity contribution in [3.63, 3.8) is 0 Å². The average molecular weight is 419 g/mol. The third-order valence-corrected chi connectivity index (χ3v) is 7.27. The minimum atomic E-state index is -0.968. The average Bonchev–Trinajstić information content (AvgIpc) is 3.45. The molecule has 4 nitrogen and oxygen atoms in total. The van der Waals surface area contributed by atoms with E-state index in [9.17, 15) is 14.6 Å². The fraction of sp³-hybridized carbons (Fsp3) is 0.385. The summed E-state index contributed by atoms with van der Waals surface area (Å²) in [5.74, 6) is -0.432. The molecule has 2 N–H and O–H groups in total.